The van der Waals surface area contributed by atoms with E-state index >= 15 is 0 Å². The molecule has 19 heavy (non-hydrogen) atoms. The van der Waals surface area contributed by atoms with Crippen LogP contribution in [0.5, 0.6) is 0 Å². The number of thioether (sulfide) groups is 2. The number of ether oxygens (including phenoxy) is 1. The number of nitrogens with one attached hydrogen (secondary N) is 1. The Morgan fingerprint density at radius 3 is 3.11 bits per heavy atom. The van der Waals surface area contributed by atoms with Crippen molar-refractivity contribution < 1.29 is 14.3 Å². The van der Waals surface area contributed by atoms with Crippen molar-refractivity contribution in [3.63, 3.8) is 0 Å². The molecule has 5 nitrogen and oxygen atoms in total. The molecule has 0 spiro atoms. The Morgan fingerprint density at radius 2 is 2.42 bits per heavy atom. The number of amides is 1. The molecule has 0 bridgehead atoms. The summed E-state index contributed by atoms with van der Waals surface area (Å²) in [6.07, 6.45) is 0. The molecule has 8 heteroatoms. The molecule has 1 aliphatic rings. The van der Waals surface area contributed by atoms with Gasteiger partial charge in [0.15, 0.2) is 0 Å². The zero-order valence-corrected chi connectivity index (χ0v) is 12.6. The maximum atomic E-state index is 11.8. The van der Waals surface area contributed by atoms with Crippen LogP contribution in [0.3, 0.4) is 0 Å². The summed E-state index contributed by atoms with van der Waals surface area (Å²) in [7, 11) is 1.32. The van der Waals surface area contributed by atoms with Gasteiger partial charge in [0.2, 0.25) is 5.91 Å². The molecule has 0 radical (unpaired) electrons. The Bertz CT molecular complexity index is 513. The molecule has 0 aromatic carbocycles. The molecular weight excluding hydrogens is 304 g/mol. The van der Waals surface area contributed by atoms with Crippen LogP contribution in [0.1, 0.15) is 10.4 Å². The SMILES string of the molecule is COC(=O)c1ccsc1NC(=O)CSC1=NCCS1. The third kappa shape index (κ3) is 3.99. The van der Waals surface area contributed by atoms with Crippen LogP contribution in [0.4, 0.5) is 5.00 Å². The fourth-order valence-electron chi connectivity index (χ4n) is 1.37. The predicted octanol–water partition coefficient (Wildman–Crippen LogP) is 2.31. The smallest absolute Gasteiger partial charge is 0.340 e. The minimum absolute atomic E-state index is 0.146. The number of rotatable bonds is 4. The number of methoxy groups -OCH3 is 1. The van der Waals surface area contributed by atoms with Crippen molar-refractivity contribution in [1.82, 2.24) is 0 Å². The van der Waals surface area contributed by atoms with Gasteiger partial charge in [-0.3, -0.25) is 9.79 Å². The largest absolute Gasteiger partial charge is 0.465 e. The van der Waals surface area contributed by atoms with Crippen molar-refractivity contribution in [3.05, 3.63) is 17.0 Å². The van der Waals surface area contributed by atoms with Gasteiger partial charge in [-0.2, -0.15) is 0 Å². The first kappa shape index (κ1) is 14.4. The number of nitrogens with zero attached hydrogens (tertiary/aromatic N) is 1. The van der Waals surface area contributed by atoms with E-state index in [2.05, 4.69) is 15.0 Å². The van der Waals surface area contributed by atoms with E-state index in [-0.39, 0.29) is 5.91 Å². The summed E-state index contributed by atoms with van der Waals surface area (Å²) in [6.45, 7) is 0.825. The predicted molar refractivity (Wildman–Crippen MR) is 81.5 cm³/mol. The first-order chi connectivity index (χ1) is 9.20. The fraction of sp³-hybridized carbons (Fsp3) is 0.364. The number of hydrogen-bond donors (Lipinski definition) is 1. The average molecular weight is 316 g/mol. The van der Waals surface area contributed by atoms with E-state index in [1.165, 1.54) is 30.2 Å². The van der Waals surface area contributed by atoms with E-state index in [0.29, 0.717) is 16.3 Å². The van der Waals surface area contributed by atoms with Crippen molar-refractivity contribution in [3.8, 4) is 0 Å². The average Bonchev–Trinajstić information content (AvgIpc) is 3.06. The molecule has 0 fully saturated rings. The number of esters is 1. The van der Waals surface area contributed by atoms with E-state index in [1.54, 1.807) is 23.2 Å². The van der Waals surface area contributed by atoms with Gasteiger partial charge in [0.1, 0.15) is 9.38 Å². The lowest BCUT2D eigenvalue weighted by Crippen LogP contribution is -2.16. The van der Waals surface area contributed by atoms with Crippen molar-refractivity contribution in [2.45, 2.75) is 0 Å². The number of hydrogen-bond acceptors (Lipinski definition) is 7. The first-order valence-corrected chi connectivity index (χ1v) is 8.31. The van der Waals surface area contributed by atoms with Crippen LogP contribution in [0.2, 0.25) is 0 Å². The second kappa shape index (κ2) is 6.97. The minimum Gasteiger partial charge on any atom is -0.465 e. The summed E-state index contributed by atoms with van der Waals surface area (Å²) < 4.78 is 5.60. The van der Waals surface area contributed by atoms with E-state index in [1.807, 2.05) is 0 Å². The first-order valence-electron chi connectivity index (χ1n) is 5.46. The molecule has 2 rings (SSSR count). The van der Waals surface area contributed by atoms with Gasteiger partial charge in [0.25, 0.3) is 0 Å². The van der Waals surface area contributed by atoms with E-state index in [9.17, 15) is 9.59 Å². The van der Waals surface area contributed by atoms with Crippen LogP contribution in [0, 0.1) is 0 Å². The van der Waals surface area contributed by atoms with Crippen LogP contribution in [0.25, 0.3) is 0 Å². The Hall–Kier alpha value is -0.990. The highest BCUT2D eigenvalue weighted by atomic mass is 32.2. The maximum absolute atomic E-state index is 11.8. The maximum Gasteiger partial charge on any atom is 0.340 e. The van der Waals surface area contributed by atoms with Crippen LogP contribution in [-0.4, -0.2) is 41.4 Å². The quantitative estimate of drug-likeness (QED) is 0.863. The fourth-order valence-corrected chi connectivity index (χ4v) is 3.97. The number of carbonyl (C=O) groups excluding carboxylic acids is 2. The molecule has 1 N–H and O–H groups in total. The molecule has 0 atom stereocenters. The summed E-state index contributed by atoms with van der Waals surface area (Å²) in [5.74, 6) is 0.693. The Labute approximate surface area is 123 Å². The van der Waals surface area contributed by atoms with Gasteiger partial charge < -0.3 is 10.1 Å². The summed E-state index contributed by atoms with van der Waals surface area (Å²) in [5.41, 5.74) is 0.387. The molecule has 2 heterocycles. The van der Waals surface area contributed by atoms with Crippen molar-refractivity contribution in [1.29, 1.82) is 0 Å². The third-order valence-corrected chi connectivity index (χ3v) is 5.29. The normalized spacial score (nSPS) is 14.1. The highest BCUT2D eigenvalue weighted by Gasteiger charge is 2.16. The molecule has 0 saturated carbocycles. The third-order valence-electron chi connectivity index (χ3n) is 2.21. The van der Waals surface area contributed by atoms with Gasteiger partial charge in [-0.1, -0.05) is 23.5 Å². The summed E-state index contributed by atoms with van der Waals surface area (Å²) >= 11 is 4.39. The monoisotopic (exact) mass is 316 g/mol. The number of thiophene rings is 1. The molecule has 0 unspecified atom stereocenters. The number of aliphatic imine (C=N–C) groups is 1. The second-order valence-corrected chi connectivity index (χ2v) is 6.71. The van der Waals surface area contributed by atoms with E-state index in [0.717, 1.165) is 16.7 Å². The summed E-state index contributed by atoms with van der Waals surface area (Å²) in [6, 6.07) is 1.64. The van der Waals surface area contributed by atoms with Crippen LogP contribution in [0.15, 0.2) is 16.4 Å². The van der Waals surface area contributed by atoms with Crippen molar-refractivity contribution in [2.24, 2.45) is 4.99 Å². The molecule has 0 saturated heterocycles. The lowest BCUT2D eigenvalue weighted by atomic mass is 10.3. The zero-order chi connectivity index (χ0) is 13.7. The standard InChI is InChI=1S/C11H12N2O3S3/c1-16-10(15)7-2-4-17-9(7)13-8(14)6-19-11-12-3-5-18-11/h2,4H,3,5-6H2,1H3,(H,13,14). The topological polar surface area (TPSA) is 67.8 Å². The molecule has 1 aromatic rings. The molecule has 1 aliphatic heterocycles. The zero-order valence-electron chi connectivity index (χ0n) is 10.2. The lowest BCUT2D eigenvalue weighted by Gasteiger charge is -2.04. The van der Waals surface area contributed by atoms with Gasteiger partial charge in [-0.25, -0.2) is 4.79 Å². The van der Waals surface area contributed by atoms with Crippen molar-refractivity contribution in [2.75, 3.05) is 30.5 Å². The van der Waals surface area contributed by atoms with Crippen LogP contribution in [-0.2, 0) is 9.53 Å². The minimum atomic E-state index is -0.445. The number of anilines is 1. The van der Waals surface area contributed by atoms with Crippen LogP contribution < -0.4 is 5.32 Å². The van der Waals surface area contributed by atoms with Gasteiger partial charge in [0.05, 0.1) is 25.0 Å². The Morgan fingerprint density at radius 1 is 1.58 bits per heavy atom. The Kier molecular flexibility index (Phi) is 5.29. The van der Waals surface area contributed by atoms with Gasteiger partial charge >= 0.3 is 5.97 Å². The summed E-state index contributed by atoms with van der Waals surface area (Å²) in [4.78, 5) is 27.5. The molecule has 1 amide bonds. The molecule has 1 aromatic heterocycles. The molecule has 0 aliphatic carbocycles. The Balaban J connectivity index is 1.88. The van der Waals surface area contributed by atoms with Gasteiger partial charge in [-0.05, 0) is 11.4 Å². The van der Waals surface area contributed by atoms with Gasteiger partial charge in [0, 0.05) is 5.75 Å². The lowest BCUT2D eigenvalue weighted by molar-refractivity contribution is -0.113. The number of carbonyl (C=O) groups is 2. The highest BCUT2D eigenvalue weighted by molar-refractivity contribution is 8.39. The molecular formula is C11H12N2O3S3. The highest BCUT2D eigenvalue weighted by Crippen LogP contribution is 2.25. The van der Waals surface area contributed by atoms with E-state index < -0.39 is 5.97 Å². The van der Waals surface area contributed by atoms with Crippen molar-refractivity contribution >= 4 is 56.1 Å². The second-order valence-electron chi connectivity index (χ2n) is 3.49. The van der Waals surface area contributed by atoms with Gasteiger partial charge in [-0.15, -0.1) is 11.3 Å². The van der Waals surface area contributed by atoms with E-state index in [4.69, 9.17) is 0 Å². The summed E-state index contributed by atoms with van der Waals surface area (Å²) in [5, 5.41) is 4.99. The molecule has 102 valence electrons. The van der Waals surface area contributed by atoms with Crippen LogP contribution >= 0.6 is 34.9 Å².